The fraction of sp³-hybridized carbons (Fsp3) is 0.350. The van der Waals surface area contributed by atoms with Crippen molar-refractivity contribution in [3.05, 3.63) is 65.5 Å². The van der Waals surface area contributed by atoms with Gasteiger partial charge in [0.1, 0.15) is 5.60 Å². The molecule has 0 saturated carbocycles. The molecule has 0 N–H and O–H groups in total. The minimum atomic E-state index is -4.40. The number of aromatic nitrogens is 1. The van der Waals surface area contributed by atoms with Crippen molar-refractivity contribution in [2.45, 2.75) is 31.0 Å². The number of hydrogen-bond donors (Lipinski definition) is 0. The van der Waals surface area contributed by atoms with E-state index >= 15 is 0 Å². The summed E-state index contributed by atoms with van der Waals surface area (Å²) >= 11 is 0. The summed E-state index contributed by atoms with van der Waals surface area (Å²) in [6.45, 7) is 0.998. The van der Waals surface area contributed by atoms with Crippen molar-refractivity contribution >= 4 is 11.6 Å². The zero-order valence-corrected chi connectivity index (χ0v) is 14.9. The Morgan fingerprint density at radius 2 is 1.93 bits per heavy atom. The van der Waals surface area contributed by atoms with Gasteiger partial charge in [0, 0.05) is 50.3 Å². The molecule has 2 aromatic rings. The zero-order chi connectivity index (χ0) is 19.8. The van der Waals surface area contributed by atoms with Crippen LogP contribution in [0.2, 0.25) is 0 Å². The molecule has 0 atom stereocenters. The van der Waals surface area contributed by atoms with Crippen LogP contribution in [0.25, 0.3) is 0 Å². The number of alkyl halides is 3. The van der Waals surface area contributed by atoms with Crippen molar-refractivity contribution in [3.63, 3.8) is 0 Å². The second-order valence-corrected chi connectivity index (χ2v) is 7.10. The van der Waals surface area contributed by atoms with Crippen molar-refractivity contribution in [2.75, 3.05) is 13.1 Å². The molecule has 3 heterocycles. The van der Waals surface area contributed by atoms with Crippen LogP contribution in [-0.2, 0) is 11.0 Å². The molecule has 28 heavy (non-hydrogen) atoms. The molecular formula is C20H18F3N3O2. The Hall–Kier alpha value is -2.90. The second-order valence-electron chi connectivity index (χ2n) is 7.10. The molecule has 0 aliphatic carbocycles. The first-order chi connectivity index (χ1) is 13.4. The molecule has 0 radical (unpaired) electrons. The minimum absolute atomic E-state index is 0.0834. The molecule has 2 aliphatic rings. The predicted octanol–water partition coefficient (Wildman–Crippen LogP) is 3.90. The van der Waals surface area contributed by atoms with E-state index in [4.69, 9.17) is 4.84 Å². The summed E-state index contributed by atoms with van der Waals surface area (Å²) in [5.41, 5.74) is 0.200. The molecule has 1 saturated heterocycles. The van der Waals surface area contributed by atoms with Crippen molar-refractivity contribution in [3.8, 4) is 0 Å². The molecule has 0 unspecified atom stereocenters. The van der Waals surface area contributed by atoms with Crippen LogP contribution < -0.4 is 0 Å². The Morgan fingerprint density at radius 3 is 2.61 bits per heavy atom. The van der Waals surface area contributed by atoms with E-state index in [0.29, 0.717) is 49.2 Å². The van der Waals surface area contributed by atoms with Gasteiger partial charge < -0.3 is 9.74 Å². The number of oxime groups is 1. The average molecular weight is 389 g/mol. The van der Waals surface area contributed by atoms with Crippen LogP contribution in [0.3, 0.4) is 0 Å². The first-order valence-corrected chi connectivity index (χ1v) is 8.98. The summed E-state index contributed by atoms with van der Waals surface area (Å²) in [5.74, 6) is -0.0834. The highest BCUT2D eigenvalue weighted by Gasteiger charge is 2.43. The lowest BCUT2D eigenvalue weighted by Gasteiger charge is -2.37. The number of benzene rings is 1. The second kappa shape index (κ2) is 6.92. The molecule has 5 nitrogen and oxygen atoms in total. The fourth-order valence-electron chi connectivity index (χ4n) is 3.61. The van der Waals surface area contributed by atoms with Gasteiger partial charge in [-0.2, -0.15) is 13.2 Å². The number of likely N-dealkylation sites (tertiary alicyclic amines) is 1. The van der Waals surface area contributed by atoms with Gasteiger partial charge >= 0.3 is 6.18 Å². The molecule has 146 valence electrons. The fourth-order valence-corrected chi connectivity index (χ4v) is 3.61. The summed E-state index contributed by atoms with van der Waals surface area (Å²) in [6, 6.07) is 8.56. The van der Waals surface area contributed by atoms with Crippen LogP contribution in [0, 0.1) is 0 Å². The van der Waals surface area contributed by atoms with E-state index in [1.165, 1.54) is 12.3 Å². The molecular weight excluding hydrogens is 371 g/mol. The number of rotatable bonds is 2. The van der Waals surface area contributed by atoms with E-state index in [1.807, 2.05) is 0 Å². The summed E-state index contributed by atoms with van der Waals surface area (Å²) in [5, 5.41) is 4.07. The molecule has 8 heteroatoms. The number of nitrogens with zero attached hydrogens (tertiary/aromatic N) is 3. The smallest absolute Gasteiger partial charge is 0.388 e. The van der Waals surface area contributed by atoms with Crippen molar-refractivity contribution in [2.24, 2.45) is 5.16 Å². The van der Waals surface area contributed by atoms with Crippen LogP contribution in [0.5, 0.6) is 0 Å². The van der Waals surface area contributed by atoms with Gasteiger partial charge in [-0.05, 0) is 24.3 Å². The van der Waals surface area contributed by atoms with Crippen LogP contribution in [-0.4, -0.2) is 40.2 Å². The quantitative estimate of drug-likeness (QED) is 0.783. The highest BCUT2D eigenvalue weighted by Crippen LogP contribution is 2.37. The third kappa shape index (κ3) is 3.58. The standard InChI is InChI=1S/C20H18F3N3O2/c21-20(22,23)16-5-1-3-14(11-16)17-12-19(28-25-17)6-9-26(10-7-19)18(27)15-4-2-8-24-13-15/h1-5,8,11,13H,6-7,9-10,12H2. The highest BCUT2D eigenvalue weighted by atomic mass is 19.4. The molecule has 1 aromatic carbocycles. The Labute approximate surface area is 159 Å². The lowest BCUT2D eigenvalue weighted by molar-refractivity contribution is -0.137. The van der Waals surface area contributed by atoms with E-state index in [9.17, 15) is 18.0 Å². The lowest BCUT2D eigenvalue weighted by Crippen LogP contribution is -2.46. The Bertz CT molecular complexity index is 904. The maximum atomic E-state index is 12.9. The average Bonchev–Trinajstić information content (AvgIpc) is 3.12. The van der Waals surface area contributed by atoms with Crippen molar-refractivity contribution < 1.29 is 22.8 Å². The van der Waals surface area contributed by atoms with Crippen LogP contribution >= 0.6 is 0 Å². The zero-order valence-electron chi connectivity index (χ0n) is 14.9. The third-order valence-electron chi connectivity index (χ3n) is 5.23. The summed E-state index contributed by atoms with van der Waals surface area (Å²) < 4.78 is 38.8. The number of piperidine rings is 1. The van der Waals surface area contributed by atoms with E-state index in [1.54, 1.807) is 29.3 Å². The van der Waals surface area contributed by atoms with Crippen molar-refractivity contribution in [1.82, 2.24) is 9.88 Å². The number of halogens is 3. The first kappa shape index (κ1) is 18.5. The molecule has 1 spiro atoms. The van der Waals surface area contributed by atoms with E-state index < -0.39 is 17.3 Å². The third-order valence-corrected chi connectivity index (χ3v) is 5.23. The largest absolute Gasteiger partial charge is 0.416 e. The van der Waals surface area contributed by atoms with Gasteiger partial charge in [-0.3, -0.25) is 9.78 Å². The topological polar surface area (TPSA) is 54.8 Å². The molecule has 1 aromatic heterocycles. The van der Waals surface area contributed by atoms with Crippen molar-refractivity contribution in [1.29, 1.82) is 0 Å². The minimum Gasteiger partial charge on any atom is -0.388 e. The van der Waals surface area contributed by atoms with Gasteiger partial charge in [0.2, 0.25) is 0 Å². The number of amides is 1. The molecule has 1 amide bonds. The predicted molar refractivity (Wildman–Crippen MR) is 95.8 cm³/mol. The van der Waals surface area contributed by atoms with Gasteiger partial charge in [0.25, 0.3) is 5.91 Å². The number of pyridine rings is 1. The SMILES string of the molecule is O=C(c1cccnc1)N1CCC2(CC1)CC(c1cccc(C(F)(F)F)c1)=NO2. The van der Waals surface area contributed by atoms with Gasteiger partial charge in [-0.1, -0.05) is 17.3 Å². The Balaban J connectivity index is 1.41. The van der Waals surface area contributed by atoms with Crippen LogP contribution in [0.4, 0.5) is 13.2 Å². The maximum absolute atomic E-state index is 12.9. The van der Waals surface area contributed by atoms with Gasteiger partial charge in [-0.15, -0.1) is 0 Å². The molecule has 4 rings (SSSR count). The summed E-state index contributed by atoms with van der Waals surface area (Å²) in [7, 11) is 0. The van der Waals surface area contributed by atoms with E-state index in [-0.39, 0.29) is 5.91 Å². The highest BCUT2D eigenvalue weighted by molar-refractivity contribution is 6.02. The van der Waals surface area contributed by atoms with E-state index in [0.717, 1.165) is 12.1 Å². The summed E-state index contributed by atoms with van der Waals surface area (Å²) in [6.07, 6.45) is 0.333. The summed E-state index contributed by atoms with van der Waals surface area (Å²) in [4.78, 5) is 23.9. The van der Waals surface area contributed by atoms with E-state index in [2.05, 4.69) is 10.1 Å². The monoisotopic (exact) mass is 389 g/mol. The number of carbonyl (C=O) groups excluding carboxylic acids is 1. The normalized spacial score (nSPS) is 18.7. The van der Waals surface area contributed by atoms with Gasteiger partial charge in [0.15, 0.2) is 0 Å². The Kier molecular flexibility index (Phi) is 4.56. The number of hydrogen-bond acceptors (Lipinski definition) is 4. The first-order valence-electron chi connectivity index (χ1n) is 8.98. The maximum Gasteiger partial charge on any atom is 0.416 e. The molecule has 1 fully saturated rings. The van der Waals surface area contributed by atoms with Crippen LogP contribution in [0.1, 0.15) is 40.7 Å². The van der Waals surface area contributed by atoms with Gasteiger partial charge in [-0.25, -0.2) is 0 Å². The lowest BCUT2D eigenvalue weighted by atomic mass is 9.85. The number of carbonyl (C=O) groups is 1. The molecule has 2 aliphatic heterocycles. The molecule has 0 bridgehead atoms. The van der Waals surface area contributed by atoms with Gasteiger partial charge in [0.05, 0.1) is 16.8 Å². The Morgan fingerprint density at radius 1 is 1.14 bits per heavy atom. The van der Waals surface area contributed by atoms with Crippen LogP contribution in [0.15, 0.2) is 53.9 Å².